The molecule has 0 spiro atoms. The van der Waals surface area contributed by atoms with E-state index in [1.54, 1.807) is 12.1 Å². The lowest BCUT2D eigenvalue weighted by Crippen LogP contribution is -2.38. The number of para-hydroxylation sites is 2. The van der Waals surface area contributed by atoms with E-state index in [4.69, 9.17) is 15.2 Å². The van der Waals surface area contributed by atoms with Crippen LogP contribution in [0.15, 0.2) is 24.3 Å². The van der Waals surface area contributed by atoms with E-state index in [2.05, 4.69) is 10.6 Å². The van der Waals surface area contributed by atoms with E-state index in [9.17, 15) is 4.79 Å². The largest absolute Gasteiger partial charge is 0.490 e. The highest BCUT2D eigenvalue weighted by atomic mass is 16.5. The van der Waals surface area contributed by atoms with Crippen molar-refractivity contribution in [2.75, 3.05) is 31.7 Å². The van der Waals surface area contributed by atoms with Crippen LogP contribution in [0.5, 0.6) is 5.75 Å². The van der Waals surface area contributed by atoms with E-state index >= 15 is 0 Å². The average Bonchev–Trinajstić information content (AvgIpc) is 2.90. The van der Waals surface area contributed by atoms with Crippen molar-refractivity contribution in [3.63, 3.8) is 0 Å². The van der Waals surface area contributed by atoms with Crippen molar-refractivity contribution in [1.29, 1.82) is 0 Å². The third-order valence-electron chi connectivity index (χ3n) is 2.78. The van der Waals surface area contributed by atoms with Crippen molar-refractivity contribution >= 4 is 11.7 Å². The normalized spacial score (nSPS) is 18.1. The zero-order valence-electron chi connectivity index (χ0n) is 10.7. The van der Waals surface area contributed by atoms with Gasteiger partial charge in [-0.2, -0.15) is 0 Å². The fourth-order valence-corrected chi connectivity index (χ4v) is 1.86. The highest BCUT2D eigenvalue weighted by molar-refractivity contribution is 5.91. The molecule has 0 radical (unpaired) electrons. The number of hydrogen-bond acceptors (Lipinski definition) is 4. The van der Waals surface area contributed by atoms with Crippen molar-refractivity contribution < 1.29 is 14.3 Å². The summed E-state index contributed by atoms with van der Waals surface area (Å²) in [5, 5.41) is 5.63. The minimum Gasteiger partial charge on any atom is -0.490 e. The summed E-state index contributed by atoms with van der Waals surface area (Å²) in [7, 11) is 0. The molecular weight excluding hydrogens is 246 g/mol. The van der Waals surface area contributed by atoms with E-state index in [1.807, 2.05) is 12.1 Å². The standard InChI is InChI=1S/C13H19N3O3/c14-6-8-19-12-4-2-1-3-11(12)16-13(17)15-10-5-7-18-9-10/h1-4,10H,5-9,14H2,(H2,15,16,17). The third kappa shape index (κ3) is 4.11. The van der Waals surface area contributed by atoms with Crippen LogP contribution in [0, 0.1) is 0 Å². The van der Waals surface area contributed by atoms with Crippen LogP contribution in [0.25, 0.3) is 0 Å². The number of amides is 2. The van der Waals surface area contributed by atoms with E-state index in [0.29, 0.717) is 37.8 Å². The molecule has 1 atom stereocenters. The Morgan fingerprint density at radius 1 is 1.47 bits per heavy atom. The number of carbonyl (C=O) groups is 1. The molecule has 0 aliphatic carbocycles. The highest BCUT2D eigenvalue weighted by Crippen LogP contribution is 2.23. The van der Waals surface area contributed by atoms with Gasteiger partial charge in [-0.1, -0.05) is 12.1 Å². The number of rotatable bonds is 5. The van der Waals surface area contributed by atoms with Gasteiger partial charge in [0.15, 0.2) is 0 Å². The van der Waals surface area contributed by atoms with Gasteiger partial charge in [-0.15, -0.1) is 0 Å². The Hall–Kier alpha value is -1.79. The first-order valence-electron chi connectivity index (χ1n) is 6.37. The van der Waals surface area contributed by atoms with Crippen LogP contribution in [-0.2, 0) is 4.74 Å². The van der Waals surface area contributed by atoms with Crippen LogP contribution in [0.3, 0.4) is 0 Å². The van der Waals surface area contributed by atoms with Gasteiger partial charge >= 0.3 is 6.03 Å². The van der Waals surface area contributed by atoms with Crippen molar-refractivity contribution in [2.45, 2.75) is 12.5 Å². The van der Waals surface area contributed by atoms with E-state index in [-0.39, 0.29) is 12.1 Å². The molecular formula is C13H19N3O3. The molecule has 19 heavy (non-hydrogen) atoms. The summed E-state index contributed by atoms with van der Waals surface area (Å²) in [5.41, 5.74) is 6.03. The van der Waals surface area contributed by atoms with Gasteiger partial charge in [0, 0.05) is 13.2 Å². The number of carbonyl (C=O) groups excluding carboxylic acids is 1. The van der Waals surface area contributed by atoms with Crippen LogP contribution >= 0.6 is 0 Å². The van der Waals surface area contributed by atoms with Crippen molar-refractivity contribution in [1.82, 2.24) is 5.32 Å². The number of nitrogens with one attached hydrogen (secondary N) is 2. The molecule has 1 heterocycles. The monoisotopic (exact) mass is 265 g/mol. The molecule has 2 amide bonds. The van der Waals surface area contributed by atoms with Crippen molar-refractivity contribution in [3.05, 3.63) is 24.3 Å². The third-order valence-corrected chi connectivity index (χ3v) is 2.78. The van der Waals surface area contributed by atoms with Gasteiger partial charge in [0.1, 0.15) is 12.4 Å². The number of ether oxygens (including phenoxy) is 2. The van der Waals surface area contributed by atoms with Gasteiger partial charge in [-0.05, 0) is 18.6 Å². The van der Waals surface area contributed by atoms with Crippen LogP contribution in [0.2, 0.25) is 0 Å². The topological polar surface area (TPSA) is 85.6 Å². The molecule has 104 valence electrons. The summed E-state index contributed by atoms with van der Waals surface area (Å²) < 4.78 is 10.7. The fraction of sp³-hybridized carbons (Fsp3) is 0.462. The molecule has 1 fully saturated rings. The molecule has 0 aromatic heterocycles. The molecule has 6 heteroatoms. The summed E-state index contributed by atoms with van der Waals surface area (Å²) >= 11 is 0. The van der Waals surface area contributed by atoms with Gasteiger partial charge in [-0.25, -0.2) is 4.79 Å². The van der Waals surface area contributed by atoms with Gasteiger partial charge in [-0.3, -0.25) is 0 Å². The fourth-order valence-electron chi connectivity index (χ4n) is 1.86. The summed E-state index contributed by atoms with van der Waals surface area (Å²) in [4.78, 5) is 11.8. The Morgan fingerprint density at radius 2 is 2.32 bits per heavy atom. The second kappa shape index (κ2) is 6.96. The molecule has 0 saturated carbocycles. The predicted octanol–water partition coefficient (Wildman–Crippen LogP) is 0.934. The maximum Gasteiger partial charge on any atom is 0.319 e. The second-order valence-electron chi connectivity index (χ2n) is 4.29. The van der Waals surface area contributed by atoms with Gasteiger partial charge in [0.25, 0.3) is 0 Å². The quantitative estimate of drug-likeness (QED) is 0.739. The lowest BCUT2D eigenvalue weighted by Gasteiger charge is -2.14. The average molecular weight is 265 g/mol. The maximum atomic E-state index is 11.8. The Balaban J connectivity index is 1.91. The first-order chi connectivity index (χ1) is 9.29. The van der Waals surface area contributed by atoms with Gasteiger partial charge in [0.05, 0.1) is 18.3 Å². The van der Waals surface area contributed by atoms with E-state index in [0.717, 1.165) is 6.42 Å². The van der Waals surface area contributed by atoms with Crippen molar-refractivity contribution in [2.24, 2.45) is 5.73 Å². The van der Waals surface area contributed by atoms with Crippen LogP contribution in [0.4, 0.5) is 10.5 Å². The summed E-state index contributed by atoms with van der Waals surface area (Å²) in [6, 6.07) is 7.10. The lowest BCUT2D eigenvalue weighted by atomic mass is 10.2. The minimum absolute atomic E-state index is 0.0807. The summed E-state index contributed by atoms with van der Waals surface area (Å²) in [5.74, 6) is 0.616. The molecule has 1 unspecified atom stereocenters. The Labute approximate surface area is 112 Å². The number of anilines is 1. The molecule has 1 aromatic carbocycles. The van der Waals surface area contributed by atoms with Crippen LogP contribution < -0.4 is 21.1 Å². The number of benzene rings is 1. The van der Waals surface area contributed by atoms with E-state index < -0.39 is 0 Å². The minimum atomic E-state index is -0.251. The number of hydrogen-bond donors (Lipinski definition) is 3. The molecule has 4 N–H and O–H groups in total. The highest BCUT2D eigenvalue weighted by Gasteiger charge is 2.18. The smallest absolute Gasteiger partial charge is 0.319 e. The maximum absolute atomic E-state index is 11.8. The van der Waals surface area contributed by atoms with Crippen molar-refractivity contribution in [3.8, 4) is 5.75 Å². The van der Waals surface area contributed by atoms with Gasteiger partial charge < -0.3 is 25.8 Å². The summed E-state index contributed by atoms with van der Waals surface area (Å²) in [6.45, 7) is 2.11. The Bertz CT molecular complexity index is 419. The molecule has 6 nitrogen and oxygen atoms in total. The molecule has 0 bridgehead atoms. The molecule has 1 aromatic rings. The first-order valence-corrected chi connectivity index (χ1v) is 6.37. The molecule has 1 saturated heterocycles. The predicted molar refractivity (Wildman–Crippen MR) is 72.4 cm³/mol. The zero-order chi connectivity index (χ0) is 13.5. The zero-order valence-corrected chi connectivity index (χ0v) is 10.7. The van der Waals surface area contributed by atoms with Gasteiger partial charge in [0.2, 0.25) is 0 Å². The second-order valence-corrected chi connectivity index (χ2v) is 4.29. The molecule has 2 rings (SSSR count). The van der Waals surface area contributed by atoms with Crippen LogP contribution in [0.1, 0.15) is 6.42 Å². The number of urea groups is 1. The SMILES string of the molecule is NCCOc1ccccc1NC(=O)NC1CCOC1. The lowest BCUT2D eigenvalue weighted by molar-refractivity contribution is 0.189. The number of nitrogens with two attached hydrogens (primary N) is 1. The first kappa shape index (κ1) is 13.6. The Morgan fingerprint density at radius 3 is 3.05 bits per heavy atom. The van der Waals surface area contributed by atoms with Crippen LogP contribution in [-0.4, -0.2) is 38.4 Å². The Kier molecular flexibility index (Phi) is 5.00. The van der Waals surface area contributed by atoms with E-state index in [1.165, 1.54) is 0 Å². The molecule has 1 aliphatic rings. The summed E-state index contributed by atoms with van der Waals surface area (Å²) in [6.07, 6.45) is 0.846. The molecule has 1 aliphatic heterocycles.